The zero-order valence-corrected chi connectivity index (χ0v) is 13.8. The molecule has 3 aromatic rings. The van der Waals surface area contributed by atoms with Crippen LogP contribution in [0.25, 0.3) is 5.69 Å². The number of aromatic nitrogens is 5. The minimum atomic E-state index is -0.0630. The second-order valence-corrected chi connectivity index (χ2v) is 5.55. The van der Waals surface area contributed by atoms with Crippen LogP contribution in [0.5, 0.6) is 0 Å². The quantitative estimate of drug-likeness (QED) is 0.771. The van der Waals surface area contributed by atoms with Crippen LogP contribution < -0.4 is 5.32 Å². The van der Waals surface area contributed by atoms with E-state index in [1.165, 1.54) is 6.33 Å². The number of nitrogens with one attached hydrogen (secondary N) is 1. The Bertz CT molecular complexity index is 834. The average molecular weight is 326 g/mol. The normalized spacial score (nSPS) is 10.8. The second kappa shape index (κ2) is 6.61. The molecule has 0 aliphatic carbocycles. The fourth-order valence-corrected chi connectivity index (χ4v) is 2.59. The molecule has 124 valence electrons. The average Bonchev–Trinajstić information content (AvgIpc) is 3.19. The van der Waals surface area contributed by atoms with E-state index in [4.69, 9.17) is 4.52 Å². The second-order valence-electron chi connectivity index (χ2n) is 5.55. The first kappa shape index (κ1) is 15.9. The van der Waals surface area contributed by atoms with Crippen molar-refractivity contribution in [2.45, 2.75) is 33.6 Å². The highest BCUT2D eigenvalue weighted by Gasteiger charge is 2.13. The molecule has 24 heavy (non-hydrogen) atoms. The molecule has 0 aliphatic rings. The van der Waals surface area contributed by atoms with Gasteiger partial charge in [-0.1, -0.05) is 11.2 Å². The minimum absolute atomic E-state index is 0.0630. The molecular weight excluding hydrogens is 308 g/mol. The number of nitrogens with zero attached hydrogens (tertiary/aromatic N) is 5. The third-order valence-corrected chi connectivity index (χ3v) is 3.96. The SMILES string of the molecule is Cc1noc(C)c1CCC(=O)Nc1cccc(-n2cnnn2)c1C. The monoisotopic (exact) mass is 326 g/mol. The highest BCUT2D eigenvalue weighted by Crippen LogP contribution is 2.22. The Morgan fingerprint density at radius 3 is 2.79 bits per heavy atom. The van der Waals surface area contributed by atoms with Gasteiger partial charge in [0, 0.05) is 17.7 Å². The van der Waals surface area contributed by atoms with Crippen molar-refractivity contribution in [3.05, 3.63) is 47.1 Å². The third-order valence-electron chi connectivity index (χ3n) is 3.96. The van der Waals surface area contributed by atoms with Gasteiger partial charge in [0.15, 0.2) is 0 Å². The highest BCUT2D eigenvalue weighted by atomic mass is 16.5. The first-order chi connectivity index (χ1) is 11.6. The van der Waals surface area contributed by atoms with Gasteiger partial charge in [-0.3, -0.25) is 4.79 Å². The lowest BCUT2D eigenvalue weighted by atomic mass is 10.1. The van der Waals surface area contributed by atoms with E-state index in [1.807, 2.05) is 39.0 Å². The van der Waals surface area contributed by atoms with Gasteiger partial charge in [0.2, 0.25) is 5.91 Å². The fraction of sp³-hybridized carbons (Fsp3) is 0.312. The van der Waals surface area contributed by atoms with E-state index >= 15 is 0 Å². The Kier molecular flexibility index (Phi) is 4.37. The van der Waals surface area contributed by atoms with Crippen LogP contribution in [0, 0.1) is 20.8 Å². The van der Waals surface area contributed by atoms with Gasteiger partial charge in [0.05, 0.1) is 11.4 Å². The summed E-state index contributed by atoms with van der Waals surface area (Å²) in [5.74, 6) is 0.698. The lowest BCUT2D eigenvalue weighted by Crippen LogP contribution is -2.14. The van der Waals surface area contributed by atoms with Crippen molar-refractivity contribution >= 4 is 11.6 Å². The van der Waals surface area contributed by atoms with Crippen LogP contribution in [-0.4, -0.2) is 31.3 Å². The van der Waals surface area contributed by atoms with Gasteiger partial charge >= 0.3 is 0 Å². The highest BCUT2D eigenvalue weighted by molar-refractivity contribution is 5.92. The van der Waals surface area contributed by atoms with Gasteiger partial charge in [0.25, 0.3) is 0 Å². The fourth-order valence-electron chi connectivity index (χ4n) is 2.59. The molecule has 0 fully saturated rings. The minimum Gasteiger partial charge on any atom is -0.361 e. The Labute approximate surface area is 138 Å². The number of tetrazole rings is 1. The number of hydrogen-bond acceptors (Lipinski definition) is 6. The molecule has 1 N–H and O–H groups in total. The standard InChI is InChI=1S/C16H18N6O2/c1-10-14(5-4-6-15(10)22-9-17-20-21-22)18-16(23)8-7-13-11(2)19-24-12(13)3/h4-6,9H,7-8H2,1-3H3,(H,18,23). The summed E-state index contributed by atoms with van der Waals surface area (Å²) in [4.78, 5) is 12.3. The lowest BCUT2D eigenvalue weighted by molar-refractivity contribution is -0.116. The maximum absolute atomic E-state index is 12.3. The Balaban J connectivity index is 1.70. The predicted octanol–water partition coefficient (Wildman–Crippen LogP) is 2.15. The number of carbonyl (C=O) groups is 1. The van der Waals surface area contributed by atoms with Crippen molar-refractivity contribution in [1.82, 2.24) is 25.4 Å². The van der Waals surface area contributed by atoms with Crippen LogP contribution in [0.4, 0.5) is 5.69 Å². The summed E-state index contributed by atoms with van der Waals surface area (Å²) in [6, 6.07) is 5.61. The molecule has 0 bridgehead atoms. The lowest BCUT2D eigenvalue weighted by Gasteiger charge is -2.11. The van der Waals surface area contributed by atoms with Crippen LogP contribution in [-0.2, 0) is 11.2 Å². The van der Waals surface area contributed by atoms with Gasteiger partial charge in [-0.2, -0.15) is 0 Å². The molecule has 0 unspecified atom stereocenters. The summed E-state index contributed by atoms with van der Waals surface area (Å²) in [6.07, 6.45) is 2.47. The van der Waals surface area contributed by atoms with E-state index in [-0.39, 0.29) is 5.91 Å². The van der Waals surface area contributed by atoms with Gasteiger partial charge < -0.3 is 9.84 Å². The molecule has 8 nitrogen and oxygen atoms in total. The van der Waals surface area contributed by atoms with Crippen molar-refractivity contribution in [3.8, 4) is 5.69 Å². The van der Waals surface area contributed by atoms with Crippen molar-refractivity contribution in [3.63, 3.8) is 0 Å². The Hall–Kier alpha value is -3.03. The zero-order chi connectivity index (χ0) is 17.1. The Morgan fingerprint density at radius 1 is 1.29 bits per heavy atom. The molecule has 0 spiro atoms. The van der Waals surface area contributed by atoms with E-state index in [0.717, 1.165) is 34.0 Å². The molecule has 0 atom stereocenters. The molecule has 1 aromatic carbocycles. The smallest absolute Gasteiger partial charge is 0.224 e. The summed E-state index contributed by atoms with van der Waals surface area (Å²) in [5, 5.41) is 18.0. The molecule has 1 amide bonds. The number of aryl methyl sites for hydroxylation is 2. The van der Waals surface area contributed by atoms with E-state index in [2.05, 4.69) is 26.0 Å². The predicted molar refractivity (Wildman–Crippen MR) is 86.8 cm³/mol. The van der Waals surface area contributed by atoms with Gasteiger partial charge in [-0.25, -0.2) is 4.68 Å². The molecular formula is C16H18N6O2. The van der Waals surface area contributed by atoms with E-state index < -0.39 is 0 Å². The first-order valence-corrected chi connectivity index (χ1v) is 7.61. The molecule has 2 aromatic heterocycles. The number of benzene rings is 1. The van der Waals surface area contributed by atoms with Crippen LogP contribution >= 0.6 is 0 Å². The van der Waals surface area contributed by atoms with Crippen LogP contribution in [0.2, 0.25) is 0 Å². The van der Waals surface area contributed by atoms with Crippen molar-refractivity contribution < 1.29 is 9.32 Å². The Morgan fingerprint density at radius 2 is 2.12 bits per heavy atom. The maximum atomic E-state index is 12.3. The molecule has 0 radical (unpaired) electrons. The molecule has 0 saturated carbocycles. The van der Waals surface area contributed by atoms with E-state index in [1.54, 1.807) is 4.68 Å². The number of amides is 1. The van der Waals surface area contributed by atoms with E-state index in [0.29, 0.717) is 12.8 Å². The summed E-state index contributed by atoms with van der Waals surface area (Å²) < 4.78 is 6.68. The summed E-state index contributed by atoms with van der Waals surface area (Å²) in [6.45, 7) is 5.65. The summed E-state index contributed by atoms with van der Waals surface area (Å²) in [7, 11) is 0. The zero-order valence-electron chi connectivity index (χ0n) is 13.8. The number of anilines is 1. The van der Waals surface area contributed by atoms with Crippen molar-refractivity contribution in [1.29, 1.82) is 0 Å². The van der Waals surface area contributed by atoms with Crippen LogP contribution in [0.15, 0.2) is 29.0 Å². The van der Waals surface area contributed by atoms with Crippen LogP contribution in [0.1, 0.15) is 29.0 Å². The van der Waals surface area contributed by atoms with Crippen molar-refractivity contribution in [2.24, 2.45) is 0 Å². The number of hydrogen-bond donors (Lipinski definition) is 1. The topological polar surface area (TPSA) is 98.7 Å². The molecule has 0 saturated heterocycles. The number of rotatable bonds is 5. The summed E-state index contributed by atoms with van der Waals surface area (Å²) in [5.41, 5.74) is 4.28. The van der Waals surface area contributed by atoms with Crippen molar-refractivity contribution in [2.75, 3.05) is 5.32 Å². The number of carbonyl (C=O) groups excluding carboxylic acids is 1. The van der Waals surface area contributed by atoms with Crippen LogP contribution in [0.3, 0.4) is 0 Å². The molecule has 3 rings (SSSR count). The molecule has 8 heteroatoms. The first-order valence-electron chi connectivity index (χ1n) is 7.61. The van der Waals surface area contributed by atoms with Gasteiger partial charge in [0.1, 0.15) is 12.1 Å². The molecule has 2 heterocycles. The summed E-state index contributed by atoms with van der Waals surface area (Å²) >= 11 is 0. The van der Waals surface area contributed by atoms with E-state index in [9.17, 15) is 4.79 Å². The largest absolute Gasteiger partial charge is 0.361 e. The van der Waals surface area contributed by atoms with Gasteiger partial charge in [-0.05, 0) is 55.3 Å². The maximum Gasteiger partial charge on any atom is 0.224 e. The third kappa shape index (κ3) is 3.17. The molecule has 0 aliphatic heterocycles. The van der Waals surface area contributed by atoms with Gasteiger partial charge in [-0.15, -0.1) is 5.10 Å².